The van der Waals surface area contributed by atoms with Crippen molar-refractivity contribution in [2.45, 2.75) is 16.2 Å². The number of nitro benzene ring substituents is 1. The van der Waals surface area contributed by atoms with E-state index in [2.05, 4.69) is 15.9 Å². The van der Waals surface area contributed by atoms with Crippen molar-refractivity contribution in [3.8, 4) is 0 Å². The molecule has 1 aliphatic heterocycles. The van der Waals surface area contributed by atoms with Crippen molar-refractivity contribution in [3.63, 3.8) is 0 Å². The standard InChI is InChI=1S/C14H8BrNO3S/c15-9-1-3-11-12(17)6-8-5-10(16(18)19)2-4-13(8)20-14(11)7-9/h1-5,7H,6H2. The third-order valence-electron chi connectivity index (χ3n) is 3.07. The topological polar surface area (TPSA) is 60.2 Å². The van der Waals surface area contributed by atoms with Crippen LogP contribution >= 0.6 is 27.7 Å². The van der Waals surface area contributed by atoms with E-state index < -0.39 is 4.92 Å². The van der Waals surface area contributed by atoms with E-state index in [1.54, 1.807) is 12.1 Å². The Balaban J connectivity index is 2.12. The van der Waals surface area contributed by atoms with Crippen LogP contribution in [0.3, 0.4) is 0 Å². The molecule has 2 aromatic rings. The molecule has 1 aliphatic rings. The van der Waals surface area contributed by atoms with Gasteiger partial charge < -0.3 is 0 Å². The van der Waals surface area contributed by atoms with Crippen molar-refractivity contribution in [3.05, 3.63) is 62.1 Å². The van der Waals surface area contributed by atoms with Crippen LogP contribution in [0.5, 0.6) is 0 Å². The molecule has 1 heterocycles. The molecule has 0 spiro atoms. The Hall–Kier alpha value is -1.66. The van der Waals surface area contributed by atoms with Crippen LogP contribution in [0.1, 0.15) is 15.9 Å². The minimum Gasteiger partial charge on any atom is -0.294 e. The highest BCUT2D eigenvalue weighted by molar-refractivity contribution is 9.10. The molecular formula is C14H8BrNO3S. The van der Waals surface area contributed by atoms with E-state index in [-0.39, 0.29) is 17.9 Å². The Morgan fingerprint density at radius 1 is 1.15 bits per heavy atom. The number of hydrogen-bond donors (Lipinski definition) is 0. The Bertz CT molecular complexity index is 745. The number of non-ortho nitro benzene ring substituents is 1. The number of ketones is 1. The van der Waals surface area contributed by atoms with E-state index in [1.807, 2.05) is 12.1 Å². The summed E-state index contributed by atoms with van der Waals surface area (Å²) in [5, 5.41) is 10.8. The number of rotatable bonds is 1. The molecule has 0 aromatic heterocycles. The maximum absolute atomic E-state index is 12.3. The van der Waals surface area contributed by atoms with Gasteiger partial charge in [-0.25, -0.2) is 0 Å². The molecule has 0 unspecified atom stereocenters. The van der Waals surface area contributed by atoms with Gasteiger partial charge in [-0.05, 0) is 29.8 Å². The third kappa shape index (κ3) is 2.36. The Morgan fingerprint density at radius 3 is 2.70 bits per heavy atom. The van der Waals surface area contributed by atoms with Gasteiger partial charge in [-0.15, -0.1) is 0 Å². The van der Waals surface area contributed by atoms with Gasteiger partial charge in [-0.1, -0.05) is 27.7 Å². The Morgan fingerprint density at radius 2 is 1.95 bits per heavy atom. The summed E-state index contributed by atoms with van der Waals surface area (Å²) in [6.07, 6.45) is 0.193. The van der Waals surface area contributed by atoms with Crippen molar-refractivity contribution in [1.82, 2.24) is 0 Å². The van der Waals surface area contributed by atoms with Crippen molar-refractivity contribution in [2.75, 3.05) is 0 Å². The molecule has 0 saturated carbocycles. The lowest BCUT2D eigenvalue weighted by atomic mass is 10.0. The molecule has 0 saturated heterocycles. The summed E-state index contributed by atoms with van der Waals surface area (Å²) >= 11 is 4.86. The maximum Gasteiger partial charge on any atom is 0.269 e. The fraction of sp³-hybridized carbons (Fsp3) is 0.0714. The lowest BCUT2D eigenvalue weighted by Crippen LogP contribution is -2.03. The first-order valence-corrected chi connectivity index (χ1v) is 7.43. The van der Waals surface area contributed by atoms with Gasteiger partial charge in [0.2, 0.25) is 0 Å². The van der Waals surface area contributed by atoms with Crippen LogP contribution in [0.15, 0.2) is 50.7 Å². The molecule has 0 bridgehead atoms. The van der Waals surface area contributed by atoms with Gasteiger partial charge in [0.1, 0.15) is 0 Å². The fourth-order valence-corrected chi connectivity index (χ4v) is 3.74. The SMILES string of the molecule is O=C1Cc2cc([N+](=O)[O-])ccc2Sc2cc(Br)ccc21. The van der Waals surface area contributed by atoms with Crippen molar-refractivity contribution in [1.29, 1.82) is 0 Å². The number of carbonyl (C=O) groups is 1. The van der Waals surface area contributed by atoms with Gasteiger partial charge in [0.25, 0.3) is 5.69 Å². The molecule has 0 aliphatic carbocycles. The summed E-state index contributed by atoms with van der Waals surface area (Å²) in [6.45, 7) is 0. The van der Waals surface area contributed by atoms with Crippen LogP contribution < -0.4 is 0 Å². The van der Waals surface area contributed by atoms with Crippen LogP contribution in [-0.2, 0) is 6.42 Å². The molecule has 4 nitrogen and oxygen atoms in total. The zero-order valence-electron chi connectivity index (χ0n) is 10.1. The van der Waals surface area contributed by atoms with Gasteiger partial charge >= 0.3 is 0 Å². The molecule has 20 heavy (non-hydrogen) atoms. The highest BCUT2D eigenvalue weighted by Crippen LogP contribution is 2.39. The Labute approximate surface area is 127 Å². The molecule has 100 valence electrons. The van der Waals surface area contributed by atoms with E-state index in [9.17, 15) is 14.9 Å². The summed E-state index contributed by atoms with van der Waals surface area (Å²) in [4.78, 5) is 24.4. The van der Waals surface area contributed by atoms with Gasteiger partial charge in [0, 0.05) is 38.4 Å². The second-order valence-electron chi connectivity index (χ2n) is 4.39. The predicted molar refractivity (Wildman–Crippen MR) is 79.4 cm³/mol. The predicted octanol–water partition coefficient (Wildman–Crippen LogP) is 4.25. The average molecular weight is 350 g/mol. The molecule has 0 fully saturated rings. The molecule has 0 radical (unpaired) electrons. The zero-order valence-corrected chi connectivity index (χ0v) is 12.5. The number of nitro groups is 1. The van der Waals surface area contributed by atoms with Crippen LogP contribution in [0.4, 0.5) is 5.69 Å². The normalized spacial score (nSPS) is 13.3. The fourth-order valence-electron chi connectivity index (χ4n) is 2.11. The molecular weight excluding hydrogens is 342 g/mol. The first-order chi connectivity index (χ1) is 9.54. The van der Waals surface area contributed by atoms with Crippen molar-refractivity contribution in [2.24, 2.45) is 0 Å². The number of benzene rings is 2. The first kappa shape index (κ1) is 13.3. The van der Waals surface area contributed by atoms with Crippen LogP contribution in [0.2, 0.25) is 0 Å². The van der Waals surface area contributed by atoms with Crippen LogP contribution in [0.25, 0.3) is 0 Å². The first-order valence-electron chi connectivity index (χ1n) is 5.82. The molecule has 6 heteroatoms. The van der Waals surface area contributed by atoms with E-state index in [0.29, 0.717) is 11.1 Å². The molecule has 0 N–H and O–H groups in total. The average Bonchev–Trinajstić information content (AvgIpc) is 2.53. The lowest BCUT2D eigenvalue weighted by Gasteiger charge is -2.05. The number of carbonyl (C=O) groups excluding carboxylic acids is 1. The van der Waals surface area contributed by atoms with Crippen molar-refractivity contribution < 1.29 is 9.72 Å². The van der Waals surface area contributed by atoms with E-state index >= 15 is 0 Å². The quantitative estimate of drug-likeness (QED) is 0.570. The lowest BCUT2D eigenvalue weighted by molar-refractivity contribution is -0.385. The monoisotopic (exact) mass is 349 g/mol. The van der Waals surface area contributed by atoms with Crippen LogP contribution in [-0.4, -0.2) is 10.7 Å². The largest absolute Gasteiger partial charge is 0.294 e. The maximum atomic E-state index is 12.3. The summed E-state index contributed by atoms with van der Waals surface area (Å²) in [5.74, 6) is -0.0146. The molecule has 0 amide bonds. The van der Waals surface area contributed by atoms with Crippen molar-refractivity contribution >= 4 is 39.2 Å². The van der Waals surface area contributed by atoms with Gasteiger partial charge in [-0.2, -0.15) is 0 Å². The highest BCUT2D eigenvalue weighted by Gasteiger charge is 2.22. The van der Waals surface area contributed by atoms with Gasteiger partial charge in [-0.3, -0.25) is 14.9 Å². The van der Waals surface area contributed by atoms with E-state index in [0.717, 1.165) is 14.3 Å². The summed E-state index contributed by atoms with van der Waals surface area (Å²) in [6, 6.07) is 10.2. The molecule has 3 rings (SSSR count). The number of fused-ring (bicyclic) bond motifs is 2. The van der Waals surface area contributed by atoms with E-state index in [4.69, 9.17) is 0 Å². The number of Topliss-reactive ketones (excluding diaryl/α,β-unsaturated/α-hetero) is 1. The molecule has 0 atom stereocenters. The second kappa shape index (κ2) is 5.03. The zero-order chi connectivity index (χ0) is 14.3. The summed E-state index contributed by atoms with van der Waals surface area (Å²) < 4.78 is 0.905. The molecule has 2 aromatic carbocycles. The minimum absolute atomic E-state index is 0.0146. The van der Waals surface area contributed by atoms with Crippen LogP contribution in [0, 0.1) is 10.1 Å². The number of nitrogens with zero attached hydrogens (tertiary/aromatic N) is 1. The smallest absolute Gasteiger partial charge is 0.269 e. The summed E-state index contributed by atoms with van der Waals surface area (Å²) in [5.41, 5.74) is 1.39. The third-order valence-corrected chi connectivity index (χ3v) is 4.74. The Kier molecular flexibility index (Phi) is 3.35. The minimum atomic E-state index is -0.440. The van der Waals surface area contributed by atoms with E-state index in [1.165, 1.54) is 23.9 Å². The number of halogens is 1. The second-order valence-corrected chi connectivity index (χ2v) is 6.39. The van der Waals surface area contributed by atoms with Gasteiger partial charge in [0.15, 0.2) is 5.78 Å². The number of hydrogen-bond acceptors (Lipinski definition) is 4. The summed E-state index contributed by atoms with van der Waals surface area (Å²) in [7, 11) is 0. The highest BCUT2D eigenvalue weighted by atomic mass is 79.9. The van der Waals surface area contributed by atoms with Gasteiger partial charge in [0.05, 0.1) is 4.92 Å².